The number of rotatable bonds is 7. The number of hydrogen-bond acceptors (Lipinski definition) is 4. The predicted molar refractivity (Wildman–Crippen MR) is 139 cm³/mol. The summed E-state index contributed by atoms with van der Waals surface area (Å²) >= 11 is 0. The Labute approximate surface area is 207 Å². The van der Waals surface area contributed by atoms with Crippen LogP contribution in [0.2, 0.25) is 0 Å². The van der Waals surface area contributed by atoms with E-state index >= 15 is 0 Å². The van der Waals surface area contributed by atoms with E-state index in [9.17, 15) is 4.79 Å². The minimum absolute atomic E-state index is 0.0190. The molecule has 2 heterocycles. The molecule has 0 bridgehead atoms. The number of pyridine rings is 1. The molecule has 2 aliphatic carbocycles. The summed E-state index contributed by atoms with van der Waals surface area (Å²) in [5.74, 6) is 1.36. The average Bonchev–Trinajstić information content (AvgIpc) is 3.42. The van der Waals surface area contributed by atoms with Gasteiger partial charge in [0, 0.05) is 23.2 Å². The van der Waals surface area contributed by atoms with Crippen molar-refractivity contribution in [2.45, 2.75) is 69.4 Å². The summed E-state index contributed by atoms with van der Waals surface area (Å²) in [5.41, 5.74) is 5.01. The Morgan fingerprint density at radius 2 is 1.97 bits per heavy atom. The van der Waals surface area contributed by atoms with E-state index in [1.54, 1.807) is 0 Å². The molecular formula is C30H35N3O2. The van der Waals surface area contributed by atoms with E-state index in [1.165, 1.54) is 43.2 Å². The lowest BCUT2D eigenvalue weighted by Crippen LogP contribution is -2.48. The third-order valence-electron chi connectivity index (χ3n) is 8.52. The van der Waals surface area contributed by atoms with Crippen LogP contribution in [0.15, 0.2) is 48.7 Å². The fraction of sp³-hybridized carbons (Fsp3) is 0.467. The molecule has 1 aromatic heterocycles. The lowest BCUT2D eigenvalue weighted by molar-refractivity contribution is 0.0767. The van der Waals surface area contributed by atoms with Crippen molar-refractivity contribution in [3.8, 4) is 5.75 Å². The van der Waals surface area contributed by atoms with Gasteiger partial charge in [0.2, 0.25) is 0 Å². The van der Waals surface area contributed by atoms with E-state index in [1.807, 2.05) is 37.4 Å². The number of carbonyl (C=O) groups is 1. The van der Waals surface area contributed by atoms with Gasteiger partial charge < -0.3 is 10.1 Å². The third-order valence-corrected chi connectivity index (χ3v) is 8.52. The van der Waals surface area contributed by atoms with Crippen molar-refractivity contribution in [3.63, 3.8) is 0 Å². The van der Waals surface area contributed by atoms with Crippen LogP contribution in [0.1, 0.15) is 77.9 Å². The molecule has 2 saturated carbocycles. The van der Waals surface area contributed by atoms with Gasteiger partial charge >= 0.3 is 0 Å². The maximum atomic E-state index is 13.6. The summed E-state index contributed by atoms with van der Waals surface area (Å²) in [5, 5.41) is 4.60. The molecule has 3 aliphatic rings. The van der Waals surface area contributed by atoms with Gasteiger partial charge in [0.25, 0.3) is 5.91 Å². The molecule has 5 heteroatoms. The molecule has 5 nitrogen and oxygen atoms in total. The molecule has 0 spiro atoms. The van der Waals surface area contributed by atoms with Gasteiger partial charge in [-0.15, -0.1) is 0 Å². The largest absolute Gasteiger partial charge is 0.492 e. The second-order valence-corrected chi connectivity index (χ2v) is 10.9. The number of benzene rings is 2. The molecular weight excluding hydrogens is 434 g/mol. The quantitative estimate of drug-likeness (QED) is 0.482. The Kier molecular flexibility index (Phi) is 5.76. The number of carbonyl (C=O) groups excluding carboxylic acids is 1. The van der Waals surface area contributed by atoms with Crippen LogP contribution in [0.25, 0.3) is 10.9 Å². The minimum atomic E-state index is -0.315. The lowest BCUT2D eigenvalue weighted by atomic mass is 9.90. The first-order chi connectivity index (χ1) is 17.0. The number of likely N-dealkylation sites (N-methyl/N-ethyl adjacent to an activating group) is 1. The lowest BCUT2D eigenvalue weighted by Gasteiger charge is -2.37. The molecule has 3 aromatic rings. The van der Waals surface area contributed by atoms with E-state index in [2.05, 4.69) is 35.5 Å². The Balaban J connectivity index is 1.27. The van der Waals surface area contributed by atoms with Gasteiger partial charge in [-0.25, -0.2) is 0 Å². The number of amides is 1. The van der Waals surface area contributed by atoms with E-state index in [4.69, 9.17) is 9.72 Å². The number of hydrogen-bond donors (Lipinski definition) is 1. The summed E-state index contributed by atoms with van der Waals surface area (Å²) < 4.78 is 6.06. The third kappa shape index (κ3) is 4.31. The molecule has 2 aromatic carbocycles. The van der Waals surface area contributed by atoms with Gasteiger partial charge in [0.05, 0.1) is 11.1 Å². The Hall–Kier alpha value is -2.92. The van der Waals surface area contributed by atoms with Crippen LogP contribution in [0.3, 0.4) is 0 Å². The SMILES string of the molecule is Cc1ccc(OCC2CCN2C)cc1C(=O)NC1(c2cc(C3CCCC3)cc3ncccc23)CC1. The molecule has 1 atom stereocenters. The molecule has 1 unspecified atom stereocenters. The summed E-state index contributed by atoms with van der Waals surface area (Å²) in [6.07, 6.45) is 10.1. The number of fused-ring (bicyclic) bond motifs is 1. The van der Waals surface area contributed by atoms with Gasteiger partial charge in [-0.05, 0) is 99.5 Å². The van der Waals surface area contributed by atoms with Crippen LogP contribution >= 0.6 is 0 Å². The van der Waals surface area contributed by atoms with Crippen molar-refractivity contribution in [3.05, 3.63) is 70.9 Å². The molecule has 1 aliphatic heterocycles. The average molecular weight is 470 g/mol. The highest BCUT2D eigenvalue weighted by Gasteiger charge is 2.47. The highest BCUT2D eigenvalue weighted by molar-refractivity contribution is 5.97. The van der Waals surface area contributed by atoms with Crippen LogP contribution in [0.5, 0.6) is 5.75 Å². The fourth-order valence-electron chi connectivity index (χ4n) is 5.87. The van der Waals surface area contributed by atoms with Crippen LogP contribution in [0.4, 0.5) is 0 Å². The number of likely N-dealkylation sites (tertiary alicyclic amines) is 1. The fourth-order valence-corrected chi connectivity index (χ4v) is 5.87. The zero-order valence-corrected chi connectivity index (χ0v) is 20.8. The van der Waals surface area contributed by atoms with Gasteiger partial charge in [-0.2, -0.15) is 0 Å². The Morgan fingerprint density at radius 1 is 1.14 bits per heavy atom. The van der Waals surface area contributed by atoms with Gasteiger partial charge in [-0.3, -0.25) is 14.7 Å². The van der Waals surface area contributed by atoms with E-state index < -0.39 is 0 Å². The number of ether oxygens (including phenoxy) is 1. The van der Waals surface area contributed by atoms with Crippen LogP contribution in [-0.4, -0.2) is 42.0 Å². The summed E-state index contributed by atoms with van der Waals surface area (Å²) in [4.78, 5) is 20.6. The second kappa shape index (κ2) is 8.94. The number of nitrogens with zero attached hydrogens (tertiary/aromatic N) is 2. The maximum Gasteiger partial charge on any atom is 0.252 e. The highest BCUT2D eigenvalue weighted by atomic mass is 16.5. The van der Waals surface area contributed by atoms with Gasteiger partial charge in [0.15, 0.2) is 0 Å². The molecule has 3 fully saturated rings. The topological polar surface area (TPSA) is 54.5 Å². The van der Waals surface area contributed by atoms with Crippen LogP contribution < -0.4 is 10.1 Å². The van der Waals surface area contributed by atoms with Crippen molar-refractivity contribution in [1.82, 2.24) is 15.2 Å². The first kappa shape index (κ1) is 22.5. The van der Waals surface area contributed by atoms with E-state index in [-0.39, 0.29) is 11.4 Å². The minimum Gasteiger partial charge on any atom is -0.492 e. The molecule has 0 radical (unpaired) electrons. The summed E-state index contributed by atoms with van der Waals surface area (Å²) in [7, 11) is 2.13. The van der Waals surface area contributed by atoms with Crippen LogP contribution in [0, 0.1) is 6.92 Å². The monoisotopic (exact) mass is 469 g/mol. The van der Waals surface area contributed by atoms with E-state index in [0.717, 1.165) is 41.6 Å². The number of nitrogens with one attached hydrogen (secondary N) is 1. The second-order valence-electron chi connectivity index (χ2n) is 10.9. The highest BCUT2D eigenvalue weighted by Crippen LogP contribution is 2.49. The van der Waals surface area contributed by atoms with Crippen LogP contribution in [-0.2, 0) is 5.54 Å². The normalized spacial score (nSPS) is 21.6. The maximum absolute atomic E-state index is 13.6. The summed E-state index contributed by atoms with van der Waals surface area (Å²) in [6.45, 7) is 3.79. The summed E-state index contributed by atoms with van der Waals surface area (Å²) in [6, 6.07) is 15.1. The smallest absolute Gasteiger partial charge is 0.252 e. The van der Waals surface area contributed by atoms with E-state index in [0.29, 0.717) is 24.1 Å². The van der Waals surface area contributed by atoms with Gasteiger partial charge in [-0.1, -0.05) is 31.0 Å². The zero-order valence-electron chi connectivity index (χ0n) is 20.8. The molecule has 1 N–H and O–H groups in total. The molecule has 1 saturated heterocycles. The predicted octanol–water partition coefficient (Wildman–Crippen LogP) is 5.70. The Morgan fingerprint density at radius 3 is 2.69 bits per heavy atom. The number of aryl methyl sites for hydroxylation is 1. The van der Waals surface area contributed by atoms with Crippen molar-refractivity contribution in [2.24, 2.45) is 0 Å². The molecule has 35 heavy (non-hydrogen) atoms. The van der Waals surface area contributed by atoms with Crippen molar-refractivity contribution >= 4 is 16.8 Å². The Bertz CT molecular complexity index is 1260. The van der Waals surface area contributed by atoms with Crippen molar-refractivity contribution in [2.75, 3.05) is 20.2 Å². The number of aromatic nitrogens is 1. The standard InChI is InChI=1S/C30H35N3O2/c1-20-9-10-24(35-19-23-11-15-33(23)2)18-26(20)29(34)32-30(12-13-30)27-16-22(21-6-3-4-7-21)17-28-25(27)8-5-14-31-28/h5,8-10,14,16-18,21,23H,3-4,6-7,11-13,15,19H2,1-2H3,(H,32,34). The van der Waals surface area contributed by atoms with Crippen molar-refractivity contribution < 1.29 is 9.53 Å². The zero-order chi connectivity index (χ0) is 24.0. The first-order valence-electron chi connectivity index (χ1n) is 13.2. The first-order valence-corrected chi connectivity index (χ1v) is 13.2. The van der Waals surface area contributed by atoms with Gasteiger partial charge in [0.1, 0.15) is 12.4 Å². The molecule has 1 amide bonds. The molecule has 6 rings (SSSR count). The molecule has 182 valence electrons. The van der Waals surface area contributed by atoms with Crippen molar-refractivity contribution in [1.29, 1.82) is 0 Å².